The monoisotopic (exact) mass is 238 g/mol. The van der Waals surface area contributed by atoms with Crippen LogP contribution in [0.2, 0.25) is 0 Å². The standard InChI is InChI=1S/C15H26O2/c1-9(2)11-7-8-15(4)12(16)6-5-10(3)13(15)14(11)17/h9,11-14,16-17H,3,5-8H2,1-2,4H3/t11-,12+,13-,14-,15-/m0/s1. The average molecular weight is 238 g/mol. The maximum atomic E-state index is 10.6. The molecule has 0 amide bonds. The first-order valence-electron chi connectivity index (χ1n) is 6.91. The van der Waals surface area contributed by atoms with Crippen LogP contribution in [0.15, 0.2) is 12.2 Å². The van der Waals surface area contributed by atoms with Crippen molar-refractivity contribution >= 4 is 0 Å². The van der Waals surface area contributed by atoms with Crippen molar-refractivity contribution in [2.24, 2.45) is 23.2 Å². The molecule has 0 aromatic heterocycles. The lowest BCUT2D eigenvalue weighted by atomic mass is 9.53. The highest BCUT2D eigenvalue weighted by atomic mass is 16.3. The van der Waals surface area contributed by atoms with Gasteiger partial charge >= 0.3 is 0 Å². The Hall–Kier alpha value is -0.340. The normalized spacial score (nSPS) is 47.1. The van der Waals surface area contributed by atoms with E-state index in [2.05, 4.69) is 27.4 Å². The zero-order chi connectivity index (χ0) is 12.8. The van der Waals surface area contributed by atoms with Crippen molar-refractivity contribution in [2.45, 2.75) is 58.7 Å². The van der Waals surface area contributed by atoms with Crippen molar-refractivity contribution in [3.8, 4) is 0 Å². The fourth-order valence-electron chi connectivity index (χ4n) is 4.06. The Bertz CT molecular complexity index is 310. The minimum absolute atomic E-state index is 0.0902. The van der Waals surface area contributed by atoms with Gasteiger partial charge in [0.05, 0.1) is 12.2 Å². The molecule has 0 heterocycles. The predicted molar refractivity (Wildman–Crippen MR) is 69.5 cm³/mol. The molecule has 0 unspecified atom stereocenters. The lowest BCUT2D eigenvalue weighted by Crippen LogP contribution is -2.54. The van der Waals surface area contributed by atoms with E-state index in [4.69, 9.17) is 0 Å². The minimum Gasteiger partial charge on any atom is -0.393 e. The molecular formula is C15H26O2. The Kier molecular flexibility index (Phi) is 3.39. The van der Waals surface area contributed by atoms with Crippen molar-refractivity contribution in [2.75, 3.05) is 0 Å². The SMILES string of the molecule is C=C1CC[C@@H](O)[C@]2(C)CC[C@@H](C(C)C)[C@H](O)[C@H]12. The molecule has 17 heavy (non-hydrogen) atoms. The van der Waals surface area contributed by atoms with E-state index >= 15 is 0 Å². The summed E-state index contributed by atoms with van der Waals surface area (Å²) >= 11 is 0. The molecular weight excluding hydrogens is 212 g/mol. The van der Waals surface area contributed by atoms with E-state index in [1.54, 1.807) is 0 Å². The van der Waals surface area contributed by atoms with Gasteiger partial charge in [-0.3, -0.25) is 0 Å². The number of aliphatic hydroxyl groups excluding tert-OH is 2. The molecule has 2 N–H and O–H groups in total. The van der Waals surface area contributed by atoms with Gasteiger partial charge in [-0.05, 0) is 37.5 Å². The summed E-state index contributed by atoms with van der Waals surface area (Å²) in [6.07, 6.45) is 3.11. The van der Waals surface area contributed by atoms with Gasteiger partial charge in [0.2, 0.25) is 0 Å². The Morgan fingerprint density at radius 2 is 1.94 bits per heavy atom. The maximum absolute atomic E-state index is 10.6. The van der Waals surface area contributed by atoms with Gasteiger partial charge in [-0.1, -0.05) is 32.9 Å². The fraction of sp³-hybridized carbons (Fsp3) is 0.867. The van der Waals surface area contributed by atoms with E-state index in [9.17, 15) is 10.2 Å². The van der Waals surface area contributed by atoms with Crippen LogP contribution in [0.4, 0.5) is 0 Å². The van der Waals surface area contributed by atoms with E-state index in [0.29, 0.717) is 11.8 Å². The summed E-state index contributed by atoms with van der Waals surface area (Å²) in [5, 5.41) is 20.9. The highest BCUT2D eigenvalue weighted by molar-refractivity contribution is 5.17. The molecule has 0 aliphatic heterocycles. The first kappa shape index (κ1) is 13.1. The molecule has 2 nitrogen and oxygen atoms in total. The second-order valence-corrected chi connectivity index (χ2v) is 6.63. The van der Waals surface area contributed by atoms with E-state index in [0.717, 1.165) is 31.3 Å². The van der Waals surface area contributed by atoms with E-state index in [1.165, 1.54) is 0 Å². The third-order valence-electron chi connectivity index (χ3n) is 5.30. The zero-order valence-electron chi connectivity index (χ0n) is 11.3. The van der Waals surface area contributed by atoms with Crippen LogP contribution in [0.25, 0.3) is 0 Å². The summed E-state index contributed by atoms with van der Waals surface area (Å²) in [5.74, 6) is 0.948. The molecule has 2 fully saturated rings. The first-order valence-corrected chi connectivity index (χ1v) is 6.91. The second-order valence-electron chi connectivity index (χ2n) is 6.63. The van der Waals surface area contributed by atoms with E-state index < -0.39 is 0 Å². The van der Waals surface area contributed by atoms with Gasteiger partial charge in [-0.2, -0.15) is 0 Å². The third kappa shape index (κ3) is 1.96. The summed E-state index contributed by atoms with van der Waals surface area (Å²) in [4.78, 5) is 0. The van der Waals surface area contributed by atoms with Crippen LogP contribution in [0, 0.1) is 23.2 Å². The van der Waals surface area contributed by atoms with Crippen LogP contribution in [0.1, 0.15) is 46.5 Å². The molecule has 2 saturated carbocycles. The minimum atomic E-state index is -0.323. The van der Waals surface area contributed by atoms with Crippen molar-refractivity contribution in [1.29, 1.82) is 0 Å². The van der Waals surface area contributed by atoms with Crippen molar-refractivity contribution in [3.63, 3.8) is 0 Å². The van der Waals surface area contributed by atoms with Crippen LogP contribution in [0.5, 0.6) is 0 Å². The highest BCUT2D eigenvalue weighted by Crippen LogP contribution is 2.54. The first-order chi connectivity index (χ1) is 7.88. The summed E-state index contributed by atoms with van der Waals surface area (Å²) in [7, 11) is 0. The molecule has 0 radical (unpaired) electrons. The largest absolute Gasteiger partial charge is 0.393 e. The van der Waals surface area contributed by atoms with Crippen molar-refractivity contribution in [1.82, 2.24) is 0 Å². The Labute approximate surface area is 105 Å². The van der Waals surface area contributed by atoms with Crippen LogP contribution >= 0.6 is 0 Å². The molecule has 5 atom stereocenters. The van der Waals surface area contributed by atoms with Crippen LogP contribution in [-0.2, 0) is 0 Å². The number of hydrogen-bond acceptors (Lipinski definition) is 2. The van der Waals surface area contributed by atoms with Crippen molar-refractivity contribution in [3.05, 3.63) is 12.2 Å². The van der Waals surface area contributed by atoms with Gasteiger partial charge < -0.3 is 10.2 Å². The smallest absolute Gasteiger partial charge is 0.0642 e. The molecule has 2 rings (SSSR count). The Morgan fingerprint density at radius 1 is 1.29 bits per heavy atom. The topological polar surface area (TPSA) is 40.5 Å². The highest BCUT2D eigenvalue weighted by Gasteiger charge is 2.52. The maximum Gasteiger partial charge on any atom is 0.0642 e. The number of fused-ring (bicyclic) bond motifs is 1. The number of aliphatic hydroxyl groups is 2. The van der Waals surface area contributed by atoms with Gasteiger partial charge in [-0.15, -0.1) is 0 Å². The molecule has 2 aliphatic carbocycles. The summed E-state index contributed by atoms with van der Waals surface area (Å²) in [6, 6.07) is 0. The predicted octanol–water partition coefficient (Wildman–Crippen LogP) is 2.75. The Morgan fingerprint density at radius 3 is 2.53 bits per heavy atom. The molecule has 0 aromatic carbocycles. The number of hydrogen-bond donors (Lipinski definition) is 2. The van der Waals surface area contributed by atoms with E-state index in [-0.39, 0.29) is 23.5 Å². The quantitative estimate of drug-likeness (QED) is 0.690. The fourth-order valence-corrected chi connectivity index (χ4v) is 4.06. The molecule has 2 heteroatoms. The molecule has 0 spiro atoms. The van der Waals surface area contributed by atoms with Crippen LogP contribution in [-0.4, -0.2) is 22.4 Å². The van der Waals surface area contributed by atoms with Gasteiger partial charge in [-0.25, -0.2) is 0 Å². The molecule has 0 aromatic rings. The summed E-state index contributed by atoms with van der Waals surface area (Å²) in [5.41, 5.74) is 0.996. The molecule has 0 saturated heterocycles. The summed E-state index contributed by atoms with van der Waals surface area (Å²) < 4.78 is 0. The molecule has 98 valence electrons. The van der Waals surface area contributed by atoms with Crippen molar-refractivity contribution < 1.29 is 10.2 Å². The van der Waals surface area contributed by atoms with Gasteiger partial charge in [0, 0.05) is 11.3 Å². The molecule has 2 aliphatic rings. The van der Waals surface area contributed by atoms with E-state index in [1.807, 2.05) is 0 Å². The average Bonchev–Trinajstić information content (AvgIpc) is 2.23. The lowest BCUT2D eigenvalue weighted by molar-refractivity contribution is -0.120. The third-order valence-corrected chi connectivity index (χ3v) is 5.30. The Balaban J connectivity index is 2.29. The molecule has 0 bridgehead atoms. The van der Waals surface area contributed by atoms with Gasteiger partial charge in [0.25, 0.3) is 0 Å². The number of rotatable bonds is 1. The second kappa shape index (κ2) is 4.40. The lowest BCUT2D eigenvalue weighted by Gasteiger charge is -2.54. The van der Waals surface area contributed by atoms with Gasteiger partial charge in [0.1, 0.15) is 0 Å². The van der Waals surface area contributed by atoms with Crippen LogP contribution < -0.4 is 0 Å². The summed E-state index contributed by atoms with van der Waals surface area (Å²) in [6.45, 7) is 10.6. The van der Waals surface area contributed by atoms with Gasteiger partial charge in [0.15, 0.2) is 0 Å². The zero-order valence-corrected chi connectivity index (χ0v) is 11.3. The van der Waals surface area contributed by atoms with Crippen LogP contribution in [0.3, 0.4) is 0 Å².